The molecule has 0 spiro atoms. The van der Waals surface area contributed by atoms with Crippen molar-refractivity contribution < 1.29 is 14.3 Å². The van der Waals surface area contributed by atoms with Crippen molar-refractivity contribution >= 4 is 29.3 Å². The number of ether oxygens (including phenoxy) is 2. The number of rotatable bonds is 1. The lowest BCUT2D eigenvalue weighted by Crippen LogP contribution is -2.38. The molecule has 4 nitrogen and oxygen atoms in total. The molecule has 1 atom stereocenters. The number of carbonyl (C=O) groups is 1. The Morgan fingerprint density at radius 1 is 1.27 bits per heavy atom. The summed E-state index contributed by atoms with van der Waals surface area (Å²) in [6, 6.07) is 5.48. The highest BCUT2D eigenvalue weighted by Crippen LogP contribution is 2.30. The SMILES string of the molecule is CC(C)(C)OC(=O)N1CCOC(c2ccc(Cl)c(Cl)c2)CC1. The van der Waals surface area contributed by atoms with Crippen LogP contribution in [0, 0.1) is 0 Å². The molecular formula is C16H21Cl2NO3. The molecule has 1 amide bonds. The fourth-order valence-corrected chi connectivity index (χ4v) is 2.56. The van der Waals surface area contributed by atoms with Crippen molar-refractivity contribution in [2.75, 3.05) is 19.7 Å². The van der Waals surface area contributed by atoms with Crippen LogP contribution < -0.4 is 0 Å². The quantitative estimate of drug-likeness (QED) is 0.740. The smallest absolute Gasteiger partial charge is 0.410 e. The van der Waals surface area contributed by atoms with Gasteiger partial charge in [-0.1, -0.05) is 29.3 Å². The zero-order chi connectivity index (χ0) is 16.3. The Hall–Kier alpha value is -0.970. The van der Waals surface area contributed by atoms with Crippen molar-refractivity contribution in [3.8, 4) is 0 Å². The molecular weight excluding hydrogens is 325 g/mol. The molecule has 1 aromatic carbocycles. The van der Waals surface area contributed by atoms with Gasteiger partial charge in [-0.15, -0.1) is 0 Å². The van der Waals surface area contributed by atoms with Crippen molar-refractivity contribution in [3.63, 3.8) is 0 Å². The first-order valence-electron chi connectivity index (χ1n) is 7.31. The van der Waals surface area contributed by atoms with E-state index in [9.17, 15) is 4.79 Å². The Morgan fingerprint density at radius 2 is 2.00 bits per heavy atom. The van der Waals surface area contributed by atoms with E-state index in [4.69, 9.17) is 32.7 Å². The second-order valence-electron chi connectivity index (χ2n) is 6.29. The first-order chi connectivity index (χ1) is 10.3. The van der Waals surface area contributed by atoms with Crippen LogP contribution >= 0.6 is 23.2 Å². The number of carbonyl (C=O) groups excluding carboxylic acids is 1. The molecule has 122 valence electrons. The van der Waals surface area contributed by atoms with Gasteiger partial charge in [-0.25, -0.2) is 4.79 Å². The van der Waals surface area contributed by atoms with E-state index in [1.807, 2.05) is 32.9 Å². The van der Waals surface area contributed by atoms with E-state index in [0.29, 0.717) is 36.2 Å². The molecule has 1 heterocycles. The summed E-state index contributed by atoms with van der Waals surface area (Å²) in [6.45, 7) is 7.14. The third-order valence-corrected chi connectivity index (χ3v) is 4.05. The molecule has 1 aliphatic rings. The second kappa shape index (κ2) is 7.07. The number of halogens is 2. The monoisotopic (exact) mass is 345 g/mol. The predicted molar refractivity (Wildman–Crippen MR) is 87.6 cm³/mol. The summed E-state index contributed by atoms with van der Waals surface area (Å²) >= 11 is 12.0. The van der Waals surface area contributed by atoms with Gasteiger partial charge in [0, 0.05) is 13.1 Å². The second-order valence-corrected chi connectivity index (χ2v) is 7.10. The minimum absolute atomic E-state index is 0.0952. The molecule has 1 aromatic rings. The first-order valence-corrected chi connectivity index (χ1v) is 8.06. The van der Waals surface area contributed by atoms with E-state index in [2.05, 4.69) is 0 Å². The molecule has 0 aromatic heterocycles. The average Bonchev–Trinajstić information content (AvgIpc) is 2.66. The summed E-state index contributed by atoms with van der Waals surface area (Å²) in [5.41, 5.74) is 0.480. The molecule has 1 unspecified atom stereocenters. The molecule has 0 aliphatic carbocycles. The Labute approximate surface area is 141 Å². The van der Waals surface area contributed by atoms with Crippen LogP contribution in [0.15, 0.2) is 18.2 Å². The van der Waals surface area contributed by atoms with E-state index in [-0.39, 0.29) is 12.2 Å². The molecule has 6 heteroatoms. The van der Waals surface area contributed by atoms with E-state index in [0.717, 1.165) is 5.56 Å². The fraction of sp³-hybridized carbons (Fsp3) is 0.562. The number of nitrogens with zero attached hydrogens (tertiary/aromatic N) is 1. The standard InChI is InChI=1S/C16H21Cl2NO3/c1-16(2,3)22-15(20)19-7-6-14(21-9-8-19)11-4-5-12(17)13(18)10-11/h4-5,10,14H,6-9H2,1-3H3. The average molecular weight is 346 g/mol. The first kappa shape index (κ1) is 17.4. The Morgan fingerprint density at radius 3 is 2.64 bits per heavy atom. The molecule has 2 rings (SSSR count). The summed E-state index contributed by atoms with van der Waals surface area (Å²) < 4.78 is 11.2. The van der Waals surface area contributed by atoms with Crippen molar-refractivity contribution in [2.45, 2.75) is 38.9 Å². The maximum atomic E-state index is 12.1. The van der Waals surface area contributed by atoms with Gasteiger partial charge in [0.25, 0.3) is 0 Å². The van der Waals surface area contributed by atoms with E-state index >= 15 is 0 Å². The minimum atomic E-state index is -0.493. The van der Waals surface area contributed by atoms with E-state index < -0.39 is 5.60 Å². The minimum Gasteiger partial charge on any atom is -0.444 e. The van der Waals surface area contributed by atoms with Crippen LogP contribution in [0.25, 0.3) is 0 Å². The predicted octanol–water partition coefficient (Wildman–Crippen LogP) is 4.69. The van der Waals surface area contributed by atoms with Gasteiger partial charge >= 0.3 is 6.09 Å². The van der Waals surface area contributed by atoms with Crippen LogP contribution in [-0.2, 0) is 9.47 Å². The van der Waals surface area contributed by atoms with Crippen LogP contribution in [0.5, 0.6) is 0 Å². The molecule has 0 saturated carbocycles. The van der Waals surface area contributed by atoms with Crippen LogP contribution in [0.3, 0.4) is 0 Å². The van der Waals surface area contributed by atoms with E-state index in [1.54, 1.807) is 11.0 Å². The number of hydrogen-bond acceptors (Lipinski definition) is 3. The summed E-state index contributed by atoms with van der Waals surface area (Å²) in [6.07, 6.45) is 0.296. The molecule has 1 fully saturated rings. The van der Waals surface area contributed by atoms with Crippen molar-refractivity contribution in [1.29, 1.82) is 0 Å². The van der Waals surface area contributed by atoms with Gasteiger partial charge in [-0.2, -0.15) is 0 Å². The van der Waals surface area contributed by atoms with Crippen molar-refractivity contribution in [2.24, 2.45) is 0 Å². The van der Waals surface area contributed by atoms with Gasteiger partial charge in [0.15, 0.2) is 0 Å². The molecule has 0 bridgehead atoms. The highest BCUT2D eigenvalue weighted by Gasteiger charge is 2.26. The zero-order valence-corrected chi connectivity index (χ0v) is 14.6. The normalized spacial score (nSPS) is 19.7. The van der Waals surface area contributed by atoms with Crippen LogP contribution in [0.1, 0.15) is 38.9 Å². The highest BCUT2D eigenvalue weighted by molar-refractivity contribution is 6.42. The third kappa shape index (κ3) is 4.77. The number of hydrogen-bond donors (Lipinski definition) is 0. The van der Waals surface area contributed by atoms with Gasteiger partial charge in [0.2, 0.25) is 0 Å². The summed E-state index contributed by atoms with van der Waals surface area (Å²) in [5.74, 6) is 0. The molecule has 0 N–H and O–H groups in total. The van der Waals surface area contributed by atoms with E-state index in [1.165, 1.54) is 0 Å². The lowest BCUT2D eigenvalue weighted by atomic mass is 10.1. The van der Waals surface area contributed by atoms with Gasteiger partial charge in [0.1, 0.15) is 5.60 Å². The van der Waals surface area contributed by atoms with Gasteiger partial charge < -0.3 is 14.4 Å². The summed E-state index contributed by atoms with van der Waals surface area (Å²) in [7, 11) is 0. The zero-order valence-electron chi connectivity index (χ0n) is 13.1. The molecule has 0 radical (unpaired) electrons. The van der Waals surface area contributed by atoms with Crippen LogP contribution in [-0.4, -0.2) is 36.3 Å². The Kier molecular flexibility index (Phi) is 5.59. The lowest BCUT2D eigenvalue weighted by molar-refractivity contribution is 0.0231. The summed E-state index contributed by atoms with van der Waals surface area (Å²) in [4.78, 5) is 13.8. The maximum absolute atomic E-state index is 12.1. The third-order valence-electron chi connectivity index (χ3n) is 3.31. The van der Waals surface area contributed by atoms with Gasteiger partial charge in [-0.3, -0.25) is 0 Å². The van der Waals surface area contributed by atoms with Crippen molar-refractivity contribution in [3.05, 3.63) is 33.8 Å². The lowest BCUT2D eigenvalue weighted by Gasteiger charge is -2.26. The van der Waals surface area contributed by atoms with Crippen LogP contribution in [0.4, 0.5) is 4.79 Å². The summed E-state index contributed by atoms with van der Waals surface area (Å²) in [5, 5.41) is 1.03. The van der Waals surface area contributed by atoms with Crippen molar-refractivity contribution in [1.82, 2.24) is 4.90 Å². The molecule has 22 heavy (non-hydrogen) atoms. The Balaban J connectivity index is 2.00. The molecule has 1 aliphatic heterocycles. The maximum Gasteiger partial charge on any atom is 0.410 e. The fourth-order valence-electron chi connectivity index (χ4n) is 2.26. The number of benzene rings is 1. The topological polar surface area (TPSA) is 38.8 Å². The van der Waals surface area contributed by atoms with Crippen LogP contribution in [0.2, 0.25) is 10.0 Å². The molecule has 1 saturated heterocycles. The number of amides is 1. The highest BCUT2D eigenvalue weighted by atomic mass is 35.5. The largest absolute Gasteiger partial charge is 0.444 e. The van der Waals surface area contributed by atoms with Gasteiger partial charge in [0.05, 0.1) is 22.8 Å². The van der Waals surface area contributed by atoms with Gasteiger partial charge in [-0.05, 0) is 44.9 Å². The Bertz CT molecular complexity index is 543.